The summed E-state index contributed by atoms with van der Waals surface area (Å²) in [5.74, 6) is 0.705. The van der Waals surface area contributed by atoms with Crippen molar-refractivity contribution < 1.29 is 4.79 Å². The number of aromatic nitrogens is 4. The van der Waals surface area contributed by atoms with Crippen LogP contribution in [0.3, 0.4) is 0 Å². The van der Waals surface area contributed by atoms with E-state index in [1.165, 1.54) is 11.3 Å². The maximum atomic E-state index is 13.5. The molecule has 8 heteroatoms. The number of carbonyl (C=O) groups is 1. The Morgan fingerprint density at radius 2 is 1.55 bits per heavy atom. The molecule has 184 valence electrons. The summed E-state index contributed by atoms with van der Waals surface area (Å²) >= 11 is 1.48. The van der Waals surface area contributed by atoms with E-state index in [1.54, 1.807) is 12.3 Å². The first-order valence-corrected chi connectivity index (χ1v) is 12.9. The molecule has 0 aliphatic carbocycles. The van der Waals surface area contributed by atoms with E-state index >= 15 is 0 Å². The van der Waals surface area contributed by atoms with E-state index in [0.717, 1.165) is 32.0 Å². The fourth-order valence-electron chi connectivity index (χ4n) is 4.01. The van der Waals surface area contributed by atoms with Crippen LogP contribution in [0.5, 0.6) is 0 Å². The normalized spacial score (nSPS) is 10.8. The Bertz CT molecular complexity index is 1690. The zero-order valence-corrected chi connectivity index (χ0v) is 21.0. The second-order valence-corrected chi connectivity index (χ2v) is 9.49. The lowest BCUT2D eigenvalue weighted by atomic mass is 10.1. The molecule has 1 amide bonds. The van der Waals surface area contributed by atoms with Gasteiger partial charge >= 0.3 is 0 Å². The molecular formula is C30H22N6OS. The standard InChI is InChI=1S/C30H22N6OS/c37-28(34-23-15-8-7-14-22(23)29-35-24-16-9-17-31-30(24)38-29)25-18-26(32-19-20-10-3-1-4-11-20)36-27(33-25)21-12-5-2-6-13-21/h1-18H,19H2,(H,34,37)(H,32,33,36). The second-order valence-electron chi connectivity index (χ2n) is 8.51. The van der Waals surface area contributed by atoms with Crippen LogP contribution in [0.2, 0.25) is 0 Å². The Balaban J connectivity index is 1.32. The first kappa shape index (κ1) is 23.4. The summed E-state index contributed by atoms with van der Waals surface area (Å²) in [4.78, 5) is 32.8. The number of carbonyl (C=O) groups excluding carboxylic acids is 1. The Kier molecular flexibility index (Phi) is 6.53. The third kappa shape index (κ3) is 5.11. The Morgan fingerprint density at radius 3 is 2.37 bits per heavy atom. The molecule has 0 fully saturated rings. The molecule has 0 saturated heterocycles. The van der Waals surface area contributed by atoms with Crippen LogP contribution in [0.4, 0.5) is 11.5 Å². The van der Waals surface area contributed by atoms with Crippen molar-refractivity contribution >= 4 is 39.1 Å². The molecule has 0 atom stereocenters. The van der Waals surface area contributed by atoms with Crippen molar-refractivity contribution in [3.63, 3.8) is 0 Å². The highest BCUT2D eigenvalue weighted by Crippen LogP contribution is 2.34. The molecular weight excluding hydrogens is 492 g/mol. The van der Waals surface area contributed by atoms with Crippen LogP contribution >= 0.6 is 11.3 Å². The number of fused-ring (bicyclic) bond motifs is 1. The molecule has 38 heavy (non-hydrogen) atoms. The van der Waals surface area contributed by atoms with E-state index in [-0.39, 0.29) is 11.6 Å². The first-order chi connectivity index (χ1) is 18.7. The Hall–Kier alpha value is -4.95. The molecule has 6 rings (SSSR count). The quantitative estimate of drug-likeness (QED) is 0.247. The summed E-state index contributed by atoms with van der Waals surface area (Å²) in [6.45, 7) is 0.571. The van der Waals surface area contributed by atoms with Crippen LogP contribution in [-0.2, 0) is 6.54 Å². The van der Waals surface area contributed by atoms with Crippen molar-refractivity contribution in [2.75, 3.05) is 10.6 Å². The summed E-state index contributed by atoms with van der Waals surface area (Å²) in [7, 11) is 0. The molecule has 2 N–H and O–H groups in total. The average molecular weight is 515 g/mol. The molecule has 3 heterocycles. The van der Waals surface area contributed by atoms with Crippen LogP contribution in [0, 0.1) is 0 Å². The maximum absolute atomic E-state index is 13.5. The largest absolute Gasteiger partial charge is 0.366 e. The number of amides is 1. The monoisotopic (exact) mass is 514 g/mol. The third-order valence-electron chi connectivity index (χ3n) is 5.88. The lowest BCUT2D eigenvalue weighted by Gasteiger charge is -2.12. The number of para-hydroxylation sites is 1. The van der Waals surface area contributed by atoms with Crippen molar-refractivity contribution in [2.45, 2.75) is 6.54 Å². The zero-order valence-electron chi connectivity index (χ0n) is 20.2. The molecule has 0 saturated carbocycles. The summed E-state index contributed by atoms with van der Waals surface area (Å²) in [6, 6.07) is 32.7. The average Bonchev–Trinajstić information content (AvgIpc) is 3.41. The number of anilines is 2. The highest BCUT2D eigenvalue weighted by molar-refractivity contribution is 7.21. The lowest BCUT2D eigenvalue weighted by molar-refractivity contribution is 0.102. The van der Waals surface area contributed by atoms with Gasteiger partial charge in [0.05, 0.1) is 5.69 Å². The Labute approximate surface area is 223 Å². The molecule has 0 aliphatic heterocycles. The summed E-state index contributed by atoms with van der Waals surface area (Å²) in [5.41, 5.74) is 4.49. The van der Waals surface area contributed by atoms with Gasteiger partial charge in [-0.2, -0.15) is 0 Å². The smallest absolute Gasteiger partial charge is 0.274 e. The number of pyridine rings is 1. The van der Waals surface area contributed by atoms with Crippen LogP contribution in [-0.4, -0.2) is 25.8 Å². The predicted molar refractivity (Wildman–Crippen MR) is 152 cm³/mol. The van der Waals surface area contributed by atoms with Crippen molar-refractivity contribution in [3.05, 3.63) is 121 Å². The molecule has 3 aromatic carbocycles. The highest BCUT2D eigenvalue weighted by Gasteiger charge is 2.17. The number of hydrogen-bond donors (Lipinski definition) is 2. The van der Waals surface area contributed by atoms with E-state index < -0.39 is 0 Å². The van der Waals surface area contributed by atoms with E-state index in [9.17, 15) is 4.79 Å². The minimum atomic E-state index is -0.334. The second kappa shape index (κ2) is 10.6. The van der Waals surface area contributed by atoms with Gasteiger partial charge < -0.3 is 10.6 Å². The molecule has 3 aromatic heterocycles. The van der Waals surface area contributed by atoms with Crippen LogP contribution < -0.4 is 10.6 Å². The summed E-state index contributed by atoms with van der Waals surface area (Å²) < 4.78 is 0. The van der Waals surface area contributed by atoms with Crippen molar-refractivity contribution in [3.8, 4) is 22.0 Å². The minimum Gasteiger partial charge on any atom is -0.366 e. The fraction of sp³-hybridized carbons (Fsp3) is 0.0333. The van der Waals surface area contributed by atoms with E-state index in [4.69, 9.17) is 4.98 Å². The third-order valence-corrected chi connectivity index (χ3v) is 6.89. The number of nitrogens with zero attached hydrogens (tertiary/aromatic N) is 4. The molecule has 0 radical (unpaired) electrons. The summed E-state index contributed by atoms with van der Waals surface area (Å²) in [6.07, 6.45) is 1.75. The summed E-state index contributed by atoms with van der Waals surface area (Å²) in [5, 5.41) is 7.16. The van der Waals surface area contributed by atoms with Gasteiger partial charge in [0, 0.05) is 29.9 Å². The van der Waals surface area contributed by atoms with E-state index in [1.807, 2.05) is 97.1 Å². The lowest BCUT2D eigenvalue weighted by Crippen LogP contribution is -2.16. The first-order valence-electron chi connectivity index (χ1n) is 12.1. The van der Waals surface area contributed by atoms with Gasteiger partial charge in [-0.15, -0.1) is 0 Å². The Morgan fingerprint density at radius 1 is 0.789 bits per heavy atom. The molecule has 0 aliphatic rings. The van der Waals surface area contributed by atoms with Gasteiger partial charge in [-0.3, -0.25) is 4.79 Å². The van der Waals surface area contributed by atoms with Gasteiger partial charge in [-0.1, -0.05) is 84.1 Å². The molecule has 0 spiro atoms. The number of rotatable bonds is 7. The number of thiazole rings is 1. The fourth-order valence-corrected chi connectivity index (χ4v) is 4.96. The van der Waals surface area contributed by atoms with Gasteiger partial charge in [-0.05, 0) is 29.8 Å². The van der Waals surface area contributed by atoms with Gasteiger partial charge in [0.2, 0.25) is 0 Å². The van der Waals surface area contributed by atoms with Crippen LogP contribution in [0.1, 0.15) is 16.1 Å². The molecule has 7 nitrogen and oxygen atoms in total. The molecule has 0 unspecified atom stereocenters. The number of nitrogens with one attached hydrogen (secondary N) is 2. The van der Waals surface area contributed by atoms with E-state index in [2.05, 4.69) is 25.6 Å². The van der Waals surface area contributed by atoms with Crippen LogP contribution in [0.25, 0.3) is 32.3 Å². The number of hydrogen-bond acceptors (Lipinski definition) is 7. The molecule has 0 bridgehead atoms. The predicted octanol–water partition coefficient (Wildman–Crippen LogP) is 6.68. The maximum Gasteiger partial charge on any atom is 0.274 e. The van der Waals surface area contributed by atoms with Gasteiger partial charge in [0.15, 0.2) is 5.82 Å². The van der Waals surface area contributed by atoms with E-state index in [0.29, 0.717) is 23.9 Å². The number of benzene rings is 3. The molecule has 6 aromatic rings. The van der Waals surface area contributed by atoms with Crippen LogP contribution in [0.15, 0.2) is 109 Å². The van der Waals surface area contributed by atoms with Gasteiger partial charge in [-0.25, -0.2) is 19.9 Å². The highest BCUT2D eigenvalue weighted by atomic mass is 32.1. The SMILES string of the molecule is O=C(Nc1ccccc1-c1nc2cccnc2s1)c1cc(NCc2ccccc2)nc(-c2ccccc2)n1. The van der Waals surface area contributed by atoms with Crippen molar-refractivity contribution in [1.29, 1.82) is 0 Å². The van der Waals surface area contributed by atoms with Gasteiger partial charge in [0.25, 0.3) is 5.91 Å². The minimum absolute atomic E-state index is 0.259. The topological polar surface area (TPSA) is 92.7 Å². The van der Waals surface area contributed by atoms with Gasteiger partial charge in [0.1, 0.15) is 26.9 Å². The van der Waals surface area contributed by atoms with Crippen molar-refractivity contribution in [1.82, 2.24) is 19.9 Å². The zero-order chi connectivity index (χ0) is 25.7. The van der Waals surface area contributed by atoms with Crippen molar-refractivity contribution in [2.24, 2.45) is 0 Å².